The van der Waals surface area contributed by atoms with E-state index < -0.39 is 14.9 Å². The molecule has 0 fully saturated rings. The van der Waals surface area contributed by atoms with Crippen LogP contribution in [0.15, 0.2) is 41.8 Å². The van der Waals surface area contributed by atoms with E-state index in [0.717, 1.165) is 16.4 Å². The molecule has 0 bridgehead atoms. The summed E-state index contributed by atoms with van der Waals surface area (Å²) in [5.41, 5.74) is -0.178. The molecular formula is C13H14N2O4S. The smallest absolute Gasteiger partial charge is 0.258 e. The van der Waals surface area contributed by atoms with Gasteiger partial charge >= 0.3 is 0 Å². The highest BCUT2D eigenvalue weighted by Gasteiger charge is 2.22. The van der Waals surface area contributed by atoms with Gasteiger partial charge in [-0.25, -0.2) is 12.7 Å². The number of hydrogen-bond acceptors (Lipinski definition) is 4. The standard InChI is InChI=1S/C13H14N2O4S/c1-3-5-6-11-14(4-2)20(18,19)13-9-7-12(8-10-13)15(16)17/h2-3,7-10H,1,5-6,11H2. The topological polar surface area (TPSA) is 80.5 Å². The molecule has 0 saturated heterocycles. The van der Waals surface area contributed by atoms with Crippen LogP contribution >= 0.6 is 0 Å². The van der Waals surface area contributed by atoms with Gasteiger partial charge in [-0.05, 0) is 25.0 Å². The Morgan fingerprint density at radius 2 is 2.00 bits per heavy atom. The molecule has 0 spiro atoms. The van der Waals surface area contributed by atoms with E-state index in [2.05, 4.69) is 12.6 Å². The molecule has 0 aliphatic carbocycles. The van der Waals surface area contributed by atoms with Crippen molar-refractivity contribution >= 4 is 15.7 Å². The maximum absolute atomic E-state index is 12.2. The van der Waals surface area contributed by atoms with Gasteiger partial charge in [-0.3, -0.25) is 10.1 Å². The number of hydrogen-bond donors (Lipinski definition) is 0. The van der Waals surface area contributed by atoms with Gasteiger partial charge in [0, 0.05) is 24.7 Å². The molecule has 106 valence electrons. The number of non-ortho nitro benzene ring substituents is 1. The monoisotopic (exact) mass is 294 g/mol. The van der Waals surface area contributed by atoms with E-state index in [1.165, 1.54) is 12.1 Å². The molecule has 0 unspecified atom stereocenters. The number of nitro groups is 1. The minimum absolute atomic E-state index is 0.0698. The fourth-order valence-corrected chi connectivity index (χ4v) is 2.74. The highest BCUT2D eigenvalue weighted by atomic mass is 32.2. The first-order chi connectivity index (χ1) is 9.43. The average molecular weight is 294 g/mol. The molecular weight excluding hydrogens is 280 g/mol. The van der Waals surface area contributed by atoms with E-state index in [-0.39, 0.29) is 17.1 Å². The first kappa shape index (κ1) is 15.7. The largest absolute Gasteiger partial charge is 0.270 e. The molecule has 20 heavy (non-hydrogen) atoms. The van der Waals surface area contributed by atoms with E-state index in [1.807, 2.05) is 0 Å². The molecule has 1 aromatic rings. The zero-order chi connectivity index (χ0) is 15.2. The SMILES string of the molecule is C#CN(CCCC=C)S(=O)(=O)c1ccc([N+](=O)[O-])cc1. The Balaban J connectivity index is 2.99. The second-order valence-electron chi connectivity index (χ2n) is 3.89. The summed E-state index contributed by atoms with van der Waals surface area (Å²) in [7, 11) is -3.83. The van der Waals surface area contributed by atoms with Gasteiger partial charge in [-0.15, -0.1) is 6.58 Å². The molecule has 0 radical (unpaired) electrons. The number of rotatable bonds is 7. The van der Waals surface area contributed by atoms with Crippen LogP contribution in [0.2, 0.25) is 0 Å². The van der Waals surface area contributed by atoms with Gasteiger partial charge in [0.25, 0.3) is 15.7 Å². The number of benzene rings is 1. The lowest BCUT2D eigenvalue weighted by molar-refractivity contribution is -0.384. The summed E-state index contributed by atoms with van der Waals surface area (Å²) in [6.07, 6.45) is 8.10. The predicted molar refractivity (Wildman–Crippen MR) is 75.3 cm³/mol. The second kappa shape index (κ2) is 6.73. The van der Waals surface area contributed by atoms with Gasteiger partial charge in [0.1, 0.15) is 0 Å². The lowest BCUT2D eigenvalue weighted by Gasteiger charge is -2.17. The number of sulfonamides is 1. The Morgan fingerprint density at radius 1 is 1.40 bits per heavy atom. The van der Waals surface area contributed by atoms with Crippen molar-refractivity contribution in [2.75, 3.05) is 6.54 Å². The van der Waals surface area contributed by atoms with Gasteiger partial charge in [0.2, 0.25) is 0 Å². The molecule has 0 saturated carbocycles. The highest BCUT2D eigenvalue weighted by molar-refractivity contribution is 7.89. The van der Waals surface area contributed by atoms with Crippen LogP contribution in [0.4, 0.5) is 5.69 Å². The predicted octanol–water partition coefficient (Wildman–Crippen LogP) is 2.14. The number of terminal acetylenes is 1. The average Bonchev–Trinajstić information content (AvgIpc) is 2.43. The van der Waals surface area contributed by atoms with Gasteiger partial charge in [0.05, 0.1) is 9.82 Å². The number of nitro benzene ring substituents is 1. The van der Waals surface area contributed by atoms with Gasteiger partial charge < -0.3 is 0 Å². The van der Waals surface area contributed by atoms with Crippen LogP contribution in [0, 0.1) is 22.6 Å². The van der Waals surface area contributed by atoms with Crippen LogP contribution in [-0.4, -0.2) is 24.2 Å². The molecule has 0 N–H and O–H groups in total. The van der Waals surface area contributed by atoms with E-state index >= 15 is 0 Å². The van der Waals surface area contributed by atoms with E-state index in [1.54, 1.807) is 6.08 Å². The highest BCUT2D eigenvalue weighted by Crippen LogP contribution is 2.19. The Hall–Kier alpha value is -2.33. The third-order valence-electron chi connectivity index (χ3n) is 2.55. The van der Waals surface area contributed by atoms with Crippen molar-refractivity contribution in [2.24, 2.45) is 0 Å². The van der Waals surface area contributed by atoms with Crippen LogP contribution < -0.4 is 0 Å². The normalized spacial score (nSPS) is 10.6. The van der Waals surface area contributed by atoms with Crippen LogP contribution in [0.25, 0.3) is 0 Å². The molecule has 0 aliphatic rings. The van der Waals surface area contributed by atoms with E-state index in [4.69, 9.17) is 6.42 Å². The lowest BCUT2D eigenvalue weighted by Crippen LogP contribution is -2.27. The third kappa shape index (κ3) is 3.59. The number of allylic oxidation sites excluding steroid dienone is 1. The van der Waals surface area contributed by atoms with Crippen LogP contribution in [-0.2, 0) is 10.0 Å². The Labute approximate surface area is 117 Å². The van der Waals surface area contributed by atoms with Crippen molar-refractivity contribution in [2.45, 2.75) is 17.7 Å². The minimum Gasteiger partial charge on any atom is -0.258 e. The summed E-state index contributed by atoms with van der Waals surface area (Å²) in [6, 6.07) is 6.72. The first-order valence-corrected chi connectivity index (χ1v) is 7.22. The van der Waals surface area contributed by atoms with Gasteiger partial charge in [0.15, 0.2) is 0 Å². The van der Waals surface area contributed by atoms with Crippen molar-refractivity contribution in [3.63, 3.8) is 0 Å². The molecule has 0 aromatic heterocycles. The Morgan fingerprint density at radius 3 is 2.45 bits per heavy atom. The van der Waals surface area contributed by atoms with Crippen LogP contribution in [0.3, 0.4) is 0 Å². The van der Waals surface area contributed by atoms with Crippen molar-refractivity contribution in [1.82, 2.24) is 4.31 Å². The molecule has 0 heterocycles. The summed E-state index contributed by atoms with van der Waals surface area (Å²) < 4.78 is 25.3. The van der Waals surface area contributed by atoms with Crippen molar-refractivity contribution in [3.8, 4) is 12.5 Å². The van der Waals surface area contributed by atoms with Crippen LogP contribution in [0.1, 0.15) is 12.8 Å². The van der Waals surface area contributed by atoms with Crippen molar-refractivity contribution in [1.29, 1.82) is 0 Å². The molecule has 1 rings (SSSR count). The summed E-state index contributed by atoms with van der Waals surface area (Å²) >= 11 is 0. The van der Waals surface area contributed by atoms with Crippen molar-refractivity contribution in [3.05, 3.63) is 47.0 Å². The maximum atomic E-state index is 12.2. The fourth-order valence-electron chi connectivity index (χ4n) is 1.50. The summed E-state index contributed by atoms with van der Waals surface area (Å²) in [4.78, 5) is 9.86. The molecule has 0 amide bonds. The van der Waals surface area contributed by atoms with Crippen molar-refractivity contribution < 1.29 is 13.3 Å². The number of unbranched alkanes of at least 4 members (excludes halogenated alkanes) is 1. The molecule has 1 aromatic carbocycles. The second-order valence-corrected chi connectivity index (χ2v) is 5.75. The van der Waals surface area contributed by atoms with Crippen LogP contribution in [0.5, 0.6) is 0 Å². The fraction of sp³-hybridized carbons (Fsp3) is 0.231. The Bertz CT molecular complexity index is 629. The molecule has 0 aliphatic heterocycles. The number of nitrogens with zero attached hydrogens (tertiary/aromatic N) is 2. The minimum atomic E-state index is -3.83. The molecule has 0 atom stereocenters. The zero-order valence-corrected chi connectivity index (χ0v) is 11.5. The summed E-state index contributed by atoms with van der Waals surface area (Å²) in [5, 5.41) is 10.5. The first-order valence-electron chi connectivity index (χ1n) is 5.78. The Kier molecular flexibility index (Phi) is 5.29. The van der Waals surface area contributed by atoms with Gasteiger partial charge in [-0.1, -0.05) is 12.5 Å². The summed E-state index contributed by atoms with van der Waals surface area (Å²) in [5.74, 6) is 0. The van der Waals surface area contributed by atoms with E-state index in [0.29, 0.717) is 12.8 Å². The molecule has 6 nitrogen and oxygen atoms in total. The summed E-state index contributed by atoms with van der Waals surface area (Å²) in [6.45, 7) is 3.71. The zero-order valence-electron chi connectivity index (χ0n) is 10.7. The quantitative estimate of drug-likeness (QED) is 0.193. The third-order valence-corrected chi connectivity index (χ3v) is 4.29. The van der Waals surface area contributed by atoms with E-state index in [9.17, 15) is 18.5 Å². The van der Waals surface area contributed by atoms with Gasteiger partial charge in [-0.2, -0.15) is 0 Å². The molecule has 7 heteroatoms. The maximum Gasteiger partial charge on any atom is 0.270 e. The lowest BCUT2D eigenvalue weighted by atomic mass is 10.3.